The molecular weight excluding hydrogens is 192 g/mol. The minimum absolute atomic E-state index is 0.0687. The summed E-state index contributed by atoms with van der Waals surface area (Å²) in [7, 11) is 0. The van der Waals surface area contributed by atoms with Crippen LogP contribution in [0.25, 0.3) is 0 Å². The molecule has 1 atom stereocenters. The Morgan fingerprint density at radius 3 is 2.80 bits per heavy atom. The van der Waals surface area contributed by atoms with Crippen LogP contribution in [-0.2, 0) is 14.3 Å². The van der Waals surface area contributed by atoms with Gasteiger partial charge >= 0.3 is 0 Å². The number of carbonyl (C=O) groups is 1. The molecule has 1 fully saturated rings. The molecule has 1 rings (SSSR count). The van der Waals surface area contributed by atoms with Crippen molar-refractivity contribution >= 4 is 5.78 Å². The molecule has 3 heteroatoms. The summed E-state index contributed by atoms with van der Waals surface area (Å²) in [5, 5.41) is 0. The maximum atomic E-state index is 11.7. The van der Waals surface area contributed by atoms with E-state index < -0.39 is 0 Å². The van der Waals surface area contributed by atoms with Gasteiger partial charge in [0.05, 0.1) is 19.3 Å². The van der Waals surface area contributed by atoms with E-state index in [-0.39, 0.29) is 11.5 Å². The van der Waals surface area contributed by atoms with Gasteiger partial charge in [-0.05, 0) is 19.8 Å². The maximum absolute atomic E-state index is 11.7. The Balaban J connectivity index is 2.36. The molecule has 0 bridgehead atoms. The molecule has 0 aliphatic heterocycles. The van der Waals surface area contributed by atoms with E-state index in [0.717, 1.165) is 19.4 Å². The van der Waals surface area contributed by atoms with E-state index in [4.69, 9.17) is 9.47 Å². The van der Waals surface area contributed by atoms with Gasteiger partial charge < -0.3 is 9.47 Å². The standard InChI is InChI=1S/C12H22O3/c1-4-14-8-9-15-11-7-5-6-10(13)12(11,2)3/h11H,4-9H2,1-3H3/t11-/m0/s1. The summed E-state index contributed by atoms with van der Waals surface area (Å²) in [5.74, 6) is 0.329. The quantitative estimate of drug-likeness (QED) is 0.658. The average Bonchev–Trinajstić information content (AvgIpc) is 2.19. The number of ether oxygens (including phenoxy) is 2. The molecule has 0 aromatic carbocycles. The van der Waals surface area contributed by atoms with Gasteiger partial charge in [-0.2, -0.15) is 0 Å². The highest BCUT2D eigenvalue weighted by atomic mass is 16.5. The molecule has 3 nitrogen and oxygen atoms in total. The highest BCUT2D eigenvalue weighted by molar-refractivity contribution is 5.85. The molecule has 0 aromatic rings. The van der Waals surface area contributed by atoms with Crippen LogP contribution in [0.2, 0.25) is 0 Å². The molecule has 0 amide bonds. The molecule has 0 radical (unpaired) electrons. The Morgan fingerprint density at radius 2 is 2.13 bits per heavy atom. The lowest BCUT2D eigenvalue weighted by Gasteiger charge is -2.36. The zero-order chi connectivity index (χ0) is 11.3. The van der Waals surface area contributed by atoms with Crippen molar-refractivity contribution in [2.45, 2.75) is 46.1 Å². The SMILES string of the molecule is CCOCCO[C@H]1CCCC(=O)C1(C)C. The fourth-order valence-corrected chi connectivity index (χ4v) is 2.00. The van der Waals surface area contributed by atoms with Crippen molar-refractivity contribution in [3.8, 4) is 0 Å². The van der Waals surface area contributed by atoms with E-state index in [9.17, 15) is 4.79 Å². The van der Waals surface area contributed by atoms with Gasteiger partial charge in [-0.1, -0.05) is 13.8 Å². The summed E-state index contributed by atoms with van der Waals surface area (Å²) >= 11 is 0. The third-order valence-corrected chi connectivity index (χ3v) is 3.14. The van der Waals surface area contributed by atoms with Crippen molar-refractivity contribution in [1.82, 2.24) is 0 Å². The van der Waals surface area contributed by atoms with E-state index >= 15 is 0 Å². The van der Waals surface area contributed by atoms with Crippen molar-refractivity contribution < 1.29 is 14.3 Å². The smallest absolute Gasteiger partial charge is 0.141 e. The molecule has 0 unspecified atom stereocenters. The molecule has 1 saturated carbocycles. The third-order valence-electron chi connectivity index (χ3n) is 3.14. The van der Waals surface area contributed by atoms with Gasteiger partial charge in [-0.15, -0.1) is 0 Å². The molecule has 1 aliphatic carbocycles. The summed E-state index contributed by atoms with van der Waals surface area (Å²) in [6.45, 7) is 7.87. The Bertz CT molecular complexity index is 211. The van der Waals surface area contributed by atoms with Gasteiger partial charge in [-0.3, -0.25) is 4.79 Å². The molecule has 0 N–H and O–H groups in total. The highest BCUT2D eigenvalue weighted by Gasteiger charge is 2.39. The van der Waals surface area contributed by atoms with Crippen LogP contribution >= 0.6 is 0 Å². The van der Waals surface area contributed by atoms with Crippen LogP contribution in [0.5, 0.6) is 0 Å². The molecule has 0 spiro atoms. The first kappa shape index (κ1) is 12.7. The first-order valence-electron chi connectivity index (χ1n) is 5.81. The minimum Gasteiger partial charge on any atom is -0.379 e. The third kappa shape index (κ3) is 3.28. The van der Waals surface area contributed by atoms with Crippen LogP contribution in [-0.4, -0.2) is 31.7 Å². The monoisotopic (exact) mass is 214 g/mol. The predicted molar refractivity (Wildman–Crippen MR) is 58.9 cm³/mol. The molecule has 15 heavy (non-hydrogen) atoms. The van der Waals surface area contributed by atoms with Gasteiger partial charge in [-0.25, -0.2) is 0 Å². The van der Waals surface area contributed by atoms with Gasteiger partial charge in [0, 0.05) is 18.4 Å². The molecule has 0 heterocycles. The lowest BCUT2D eigenvalue weighted by molar-refractivity contribution is -0.142. The zero-order valence-corrected chi connectivity index (χ0v) is 10.0. The average molecular weight is 214 g/mol. The topological polar surface area (TPSA) is 35.5 Å². The number of carbonyl (C=O) groups excluding carboxylic acids is 1. The number of hydrogen-bond donors (Lipinski definition) is 0. The fraction of sp³-hybridized carbons (Fsp3) is 0.917. The van der Waals surface area contributed by atoms with Gasteiger partial charge in [0.25, 0.3) is 0 Å². The summed E-state index contributed by atoms with van der Waals surface area (Å²) < 4.78 is 10.9. The fourth-order valence-electron chi connectivity index (χ4n) is 2.00. The predicted octanol–water partition coefficient (Wildman–Crippen LogP) is 2.19. The van der Waals surface area contributed by atoms with Crippen molar-refractivity contribution in [2.24, 2.45) is 5.41 Å². The summed E-state index contributed by atoms with van der Waals surface area (Å²) in [6.07, 6.45) is 2.73. The molecule has 88 valence electrons. The maximum Gasteiger partial charge on any atom is 0.141 e. The largest absolute Gasteiger partial charge is 0.379 e. The van der Waals surface area contributed by atoms with E-state index in [0.29, 0.717) is 25.4 Å². The second kappa shape index (κ2) is 5.61. The Labute approximate surface area is 92.1 Å². The molecule has 0 saturated heterocycles. The first-order chi connectivity index (χ1) is 7.09. The minimum atomic E-state index is -0.315. The van der Waals surface area contributed by atoms with E-state index in [1.54, 1.807) is 0 Å². The van der Waals surface area contributed by atoms with E-state index in [1.165, 1.54) is 0 Å². The number of Topliss-reactive ketones (excluding diaryl/α,β-unsaturated/α-hetero) is 1. The second-order valence-electron chi connectivity index (χ2n) is 4.59. The van der Waals surface area contributed by atoms with E-state index in [1.807, 2.05) is 20.8 Å². The van der Waals surface area contributed by atoms with Crippen LogP contribution in [0.1, 0.15) is 40.0 Å². The first-order valence-corrected chi connectivity index (χ1v) is 5.81. The number of rotatable bonds is 5. The Hall–Kier alpha value is -0.410. The lowest BCUT2D eigenvalue weighted by atomic mass is 9.74. The lowest BCUT2D eigenvalue weighted by Crippen LogP contribution is -2.42. The normalized spacial score (nSPS) is 25.5. The van der Waals surface area contributed by atoms with E-state index in [2.05, 4.69) is 0 Å². The van der Waals surface area contributed by atoms with Crippen LogP contribution in [0, 0.1) is 5.41 Å². The number of hydrogen-bond acceptors (Lipinski definition) is 3. The molecular formula is C12H22O3. The van der Waals surface area contributed by atoms with Crippen LogP contribution in [0.4, 0.5) is 0 Å². The zero-order valence-electron chi connectivity index (χ0n) is 10.0. The van der Waals surface area contributed by atoms with Crippen molar-refractivity contribution in [3.63, 3.8) is 0 Å². The van der Waals surface area contributed by atoms with Gasteiger partial charge in [0.1, 0.15) is 5.78 Å². The summed E-state index contributed by atoms with van der Waals surface area (Å²) in [5.41, 5.74) is -0.315. The Morgan fingerprint density at radius 1 is 1.40 bits per heavy atom. The second-order valence-corrected chi connectivity index (χ2v) is 4.59. The van der Waals surface area contributed by atoms with Gasteiger partial charge in [0.15, 0.2) is 0 Å². The number of ketones is 1. The summed E-state index contributed by atoms with van der Waals surface area (Å²) in [4.78, 5) is 11.7. The van der Waals surface area contributed by atoms with Crippen LogP contribution < -0.4 is 0 Å². The highest BCUT2D eigenvalue weighted by Crippen LogP contribution is 2.34. The van der Waals surface area contributed by atoms with Crippen LogP contribution in [0.3, 0.4) is 0 Å². The van der Waals surface area contributed by atoms with Crippen LogP contribution in [0.15, 0.2) is 0 Å². The van der Waals surface area contributed by atoms with Gasteiger partial charge in [0.2, 0.25) is 0 Å². The molecule has 1 aliphatic rings. The Kier molecular flexibility index (Phi) is 4.74. The summed E-state index contributed by atoms with van der Waals surface area (Å²) in [6, 6.07) is 0. The van der Waals surface area contributed by atoms with Crippen molar-refractivity contribution in [2.75, 3.05) is 19.8 Å². The van der Waals surface area contributed by atoms with Crippen molar-refractivity contribution in [3.05, 3.63) is 0 Å². The molecule has 0 aromatic heterocycles. The van der Waals surface area contributed by atoms with Crippen molar-refractivity contribution in [1.29, 1.82) is 0 Å².